The lowest BCUT2D eigenvalue weighted by molar-refractivity contribution is -0.122. The van der Waals surface area contributed by atoms with Gasteiger partial charge in [0.15, 0.2) is 4.47 Å². The highest BCUT2D eigenvalue weighted by atomic mass is 35.5. The Morgan fingerprint density at radius 1 is 1.41 bits per heavy atom. The van der Waals surface area contributed by atoms with Crippen molar-refractivity contribution in [1.82, 2.24) is 14.8 Å². The van der Waals surface area contributed by atoms with Crippen LogP contribution in [-0.4, -0.2) is 58.5 Å². The van der Waals surface area contributed by atoms with Crippen LogP contribution in [0.1, 0.15) is 30.3 Å². The van der Waals surface area contributed by atoms with E-state index in [1.54, 1.807) is 42.5 Å². The van der Waals surface area contributed by atoms with Gasteiger partial charge in [0.1, 0.15) is 5.75 Å². The van der Waals surface area contributed by atoms with Crippen molar-refractivity contribution < 1.29 is 14.6 Å². The Morgan fingerprint density at radius 3 is 2.66 bits per heavy atom. The maximum Gasteiger partial charge on any atom is 0.264 e. The molecule has 29 heavy (non-hydrogen) atoms. The molecule has 1 N–H and O–H groups in total. The fourth-order valence-electron chi connectivity index (χ4n) is 3.27. The summed E-state index contributed by atoms with van der Waals surface area (Å²) in [6.07, 6.45) is 2.54. The molecule has 0 aliphatic carbocycles. The predicted molar refractivity (Wildman–Crippen MR) is 116 cm³/mol. The molecule has 3 rings (SSSR count). The number of rotatable bonds is 6. The quantitative estimate of drug-likeness (QED) is 0.549. The van der Waals surface area contributed by atoms with Gasteiger partial charge in [-0.2, -0.15) is 0 Å². The average Bonchev–Trinajstić information content (AvgIpc) is 3.32. The second-order valence-electron chi connectivity index (χ2n) is 6.29. The molecule has 1 fully saturated rings. The molecule has 1 aromatic carbocycles. The molecule has 0 saturated carbocycles. The lowest BCUT2D eigenvalue weighted by Gasteiger charge is -2.24. The topological polar surface area (TPSA) is 78.3 Å². The number of ether oxygens (including phenoxy) is 1. The highest BCUT2D eigenvalue weighted by Crippen LogP contribution is 2.36. The number of benzene rings is 1. The van der Waals surface area contributed by atoms with Crippen molar-refractivity contribution >= 4 is 40.4 Å². The summed E-state index contributed by atoms with van der Waals surface area (Å²) < 4.78 is 5.60. The molecule has 0 bridgehead atoms. The van der Waals surface area contributed by atoms with Crippen molar-refractivity contribution in [3.05, 3.63) is 51.6 Å². The van der Waals surface area contributed by atoms with Gasteiger partial charge in [-0.25, -0.2) is 4.98 Å². The Labute approximate surface area is 178 Å². The predicted octanol–water partition coefficient (Wildman–Crippen LogP) is 3.99. The lowest BCUT2D eigenvalue weighted by Crippen LogP contribution is -2.39. The molecular formula is C20H23ClN4O3S. The molecule has 1 aromatic heterocycles. The fourth-order valence-corrected chi connectivity index (χ4v) is 4.31. The molecule has 1 unspecified atom stereocenters. The average molecular weight is 435 g/mol. The van der Waals surface area contributed by atoms with Crippen molar-refractivity contribution in [2.45, 2.75) is 19.9 Å². The van der Waals surface area contributed by atoms with Gasteiger partial charge in [0, 0.05) is 25.8 Å². The Kier molecular flexibility index (Phi) is 6.76. The molecular weight excluding hydrogens is 412 g/mol. The molecule has 1 amide bonds. The number of aliphatic imine (C=N–C) groups is 1. The monoisotopic (exact) mass is 434 g/mol. The van der Waals surface area contributed by atoms with Gasteiger partial charge in [-0.15, -0.1) is 11.3 Å². The molecule has 2 aromatic rings. The standard InChI is InChI=1S/C20H23ClN4O3S/c1-4-22-20-24(5-2)11-16(17-10-23-19(21)29-17)25(20)18(27)15(12-26)13-6-8-14(28-3)9-7-13/h6-10,12,16,26H,4-5,11H2,1-3H3/b15-12+,22-20?. The molecule has 2 heterocycles. The normalized spacial score (nSPS) is 18.6. The number of aliphatic hydroxyl groups excluding tert-OH is 1. The number of carbonyl (C=O) groups excluding carboxylic acids is 1. The maximum absolute atomic E-state index is 13.6. The lowest BCUT2D eigenvalue weighted by atomic mass is 10.0. The number of halogens is 1. The van der Waals surface area contributed by atoms with Crippen LogP contribution >= 0.6 is 22.9 Å². The largest absolute Gasteiger partial charge is 0.515 e. The van der Waals surface area contributed by atoms with E-state index in [0.29, 0.717) is 41.4 Å². The van der Waals surface area contributed by atoms with Crippen molar-refractivity contribution in [1.29, 1.82) is 0 Å². The van der Waals surface area contributed by atoms with Gasteiger partial charge < -0.3 is 14.7 Å². The van der Waals surface area contributed by atoms with Crippen molar-refractivity contribution in [2.75, 3.05) is 26.7 Å². The molecule has 154 valence electrons. The van der Waals surface area contributed by atoms with Crippen molar-refractivity contribution in [3.63, 3.8) is 0 Å². The van der Waals surface area contributed by atoms with Crippen LogP contribution in [0.25, 0.3) is 5.57 Å². The molecule has 7 nitrogen and oxygen atoms in total. The maximum atomic E-state index is 13.6. The first-order chi connectivity index (χ1) is 14.0. The number of carbonyl (C=O) groups is 1. The van der Waals surface area contributed by atoms with Gasteiger partial charge in [-0.05, 0) is 31.5 Å². The number of guanidine groups is 1. The van der Waals surface area contributed by atoms with Crippen molar-refractivity contribution in [3.8, 4) is 5.75 Å². The number of hydrogen-bond donors (Lipinski definition) is 1. The van der Waals surface area contributed by atoms with Gasteiger partial charge in [0.25, 0.3) is 5.91 Å². The SMILES string of the molecule is CCN=C1N(CC)CC(c2cnc(Cl)s2)N1C(=O)/C(=C/O)c1ccc(OC)cc1. The zero-order chi connectivity index (χ0) is 21.0. The molecule has 1 atom stereocenters. The number of aromatic nitrogens is 1. The first kappa shape index (κ1) is 21.1. The van der Waals surface area contributed by atoms with Crippen LogP contribution in [0.15, 0.2) is 41.7 Å². The Bertz CT molecular complexity index is 926. The summed E-state index contributed by atoms with van der Waals surface area (Å²) in [5, 5.41) is 9.91. The molecule has 1 aliphatic rings. The molecule has 9 heteroatoms. The van der Waals surface area contributed by atoms with E-state index in [-0.39, 0.29) is 17.5 Å². The molecule has 0 spiro atoms. The first-order valence-electron chi connectivity index (χ1n) is 9.26. The van der Waals surface area contributed by atoms with E-state index in [9.17, 15) is 9.90 Å². The summed E-state index contributed by atoms with van der Waals surface area (Å²) in [5.41, 5.74) is 0.764. The highest BCUT2D eigenvalue weighted by molar-refractivity contribution is 7.15. The second kappa shape index (κ2) is 9.28. The van der Waals surface area contributed by atoms with Crippen LogP contribution in [0.4, 0.5) is 0 Å². The van der Waals surface area contributed by atoms with E-state index >= 15 is 0 Å². The first-order valence-corrected chi connectivity index (χ1v) is 10.5. The third kappa shape index (κ3) is 4.23. The zero-order valence-corrected chi connectivity index (χ0v) is 18.1. The van der Waals surface area contributed by atoms with E-state index in [0.717, 1.165) is 11.1 Å². The summed E-state index contributed by atoms with van der Waals surface area (Å²) in [6.45, 7) is 5.76. The fraction of sp³-hybridized carbons (Fsp3) is 0.350. The number of methoxy groups -OCH3 is 1. The van der Waals surface area contributed by atoms with E-state index in [4.69, 9.17) is 16.3 Å². The number of likely N-dealkylation sites (N-methyl/N-ethyl adjacent to an activating group) is 1. The van der Waals surface area contributed by atoms with Gasteiger partial charge in [0.2, 0.25) is 5.96 Å². The summed E-state index contributed by atoms with van der Waals surface area (Å²) in [4.78, 5) is 26.8. The molecule has 1 aliphatic heterocycles. The number of aliphatic hydroxyl groups is 1. The summed E-state index contributed by atoms with van der Waals surface area (Å²) in [7, 11) is 1.57. The van der Waals surface area contributed by atoms with Crippen LogP contribution in [0.5, 0.6) is 5.75 Å². The van der Waals surface area contributed by atoms with Crippen LogP contribution in [0.2, 0.25) is 4.47 Å². The molecule has 0 radical (unpaired) electrons. The van der Waals surface area contributed by atoms with Crippen LogP contribution in [-0.2, 0) is 4.79 Å². The Hall–Kier alpha value is -2.58. The Balaban J connectivity index is 2.03. The number of nitrogens with zero attached hydrogens (tertiary/aromatic N) is 4. The highest BCUT2D eigenvalue weighted by Gasteiger charge is 2.41. The summed E-state index contributed by atoms with van der Waals surface area (Å²) >= 11 is 7.38. The van der Waals surface area contributed by atoms with Gasteiger partial charge in [-0.3, -0.25) is 14.7 Å². The van der Waals surface area contributed by atoms with Crippen molar-refractivity contribution in [2.24, 2.45) is 4.99 Å². The minimum Gasteiger partial charge on any atom is -0.515 e. The van der Waals surface area contributed by atoms with E-state index < -0.39 is 0 Å². The van der Waals surface area contributed by atoms with Gasteiger partial charge in [-0.1, -0.05) is 23.7 Å². The summed E-state index contributed by atoms with van der Waals surface area (Å²) in [5.74, 6) is 0.917. The van der Waals surface area contributed by atoms with E-state index in [1.165, 1.54) is 11.3 Å². The minimum absolute atomic E-state index is 0.176. The minimum atomic E-state index is -0.338. The summed E-state index contributed by atoms with van der Waals surface area (Å²) in [6, 6.07) is 6.68. The number of thiazole rings is 1. The van der Waals surface area contributed by atoms with E-state index in [2.05, 4.69) is 9.98 Å². The van der Waals surface area contributed by atoms with E-state index in [1.807, 2.05) is 18.7 Å². The third-order valence-corrected chi connectivity index (χ3v) is 5.90. The molecule has 1 saturated heterocycles. The second-order valence-corrected chi connectivity index (χ2v) is 7.94. The number of hydrogen-bond acceptors (Lipinski definition) is 6. The van der Waals surface area contributed by atoms with Crippen LogP contribution in [0, 0.1) is 0 Å². The van der Waals surface area contributed by atoms with Gasteiger partial charge >= 0.3 is 0 Å². The van der Waals surface area contributed by atoms with Crippen LogP contribution in [0.3, 0.4) is 0 Å². The van der Waals surface area contributed by atoms with Gasteiger partial charge in [0.05, 0.1) is 29.9 Å². The third-order valence-electron chi connectivity index (χ3n) is 4.69. The number of amides is 1. The zero-order valence-electron chi connectivity index (χ0n) is 16.5. The smallest absolute Gasteiger partial charge is 0.264 e. The Morgan fingerprint density at radius 2 is 2.14 bits per heavy atom. The van der Waals surface area contributed by atoms with Crippen LogP contribution < -0.4 is 4.74 Å².